The number of likely N-dealkylation sites (N-methyl/N-ethyl adjacent to an activating group) is 1. The second kappa shape index (κ2) is 8.09. The maximum atomic E-state index is 5.47. The highest BCUT2D eigenvalue weighted by molar-refractivity contribution is 5.23. The largest absolute Gasteiger partial charge is 0.317 e. The number of terminal acetylenes is 1. The van der Waals surface area contributed by atoms with Gasteiger partial charge in [0.15, 0.2) is 0 Å². The van der Waals surface area contributed by atoms with Crippen molar-refractivity contribution in [3.05, 3.63) is 35.4 Å². The van der Waals surface area contributed by atoms with Gasteiger partial charge < -0.3 is 5.32 Å². The topological polar surface area (TPSA) is 15.3 Å². The van der Waals surface area contributed by atoms with E-state index in [-0.39, 0.29) is 0 Å². The Labute approximate surface area is 123 Å². The summed E-state index contributed by atoms with van der Waals surface area (Å²) in [6.45, 7) is 7.14. The van der Waals surface area contributed by atoms with E-state index in [1.54, 1.807) is 0 Å². The van der Waals surface area contributed by atoms with Gasteiger partial charge in [-0.3, -0.25) is 4.90 Å². The molecule has 0 atom stereocenters. The first kappa shape index (κ1) is 15.1. The zero-order valence-electron chi connectivity index (χ0n) is 12.6. The minimum Gasteiger partial charge on any atom is -0.317 e. The first-order valence-electron chi connectivity index (χ1n) is 7.76. The van der Waals surface area contributed by atoms with Crippen LogP contribution in [0.15, 0.2) is 24.3 Å². The molecule has 1 N–H and O–H groups in total. The number of nitrogens with one attached hydrogen (secondary N) is 1. The van der Waals surface area contributed by atoms with Gasteiger partial charge in [-0.25, -0.2) is 0 Å². The van der Waals surface area contributed by atoms with Crippen LogP contribution < -0.4 is 5.32 Å². The van der Waals surface area contributed by atoms with E-state index in [2.05, 4.69) is 47.3 Å². The van der Waals surface area contributed by atoms with Crippen LogP contribution in [-0.2, 0) is 13.0 Å². The molecule has 2 nitrogen and oxygen atoms in total. The van der Waals surface area contributed by atoms with E-state index in [1.807, 2.05) is 0 Å². The van der Waals surface area contributed by atoms with Gasteiger partial charge in [0.1, 0.15) is 0 Å². The lowest BCUT2D eigenvalue weighted by Crippen LogP contribution is -2.26. The average molecular weight is 270 g/mol. The van der Waals surface area contributed by atoms with Gasteiger partial charge in [-0.1, -0.05) is 37.1 Å². The summed E-state index contributed by atoms with van der Waals surface area (Å²) in [5.41, 5.74) is 2.77. The quantitative estimate of drug-likeness (QED) is 0.548. The Balaban J connectivity index is 1.82. The van der Waals surface area contributed by atoms with Gasteiger partial charge in [0.05, 0.1) is 6.54 Å². The second-order valence-electron chi connectivity index (χ2n) is 5.74. The summed E-state index contributed by atoms with van der Waals surface area (Å²) in [5, 5.41) is 3.36. The summed E-state index contributed by atoms with van der Waals surface area (Å²) in [6, 6.07) is 8.99. The number of rotatable bonds is 9. The zero-order valence-corrected chi connectivity index (χ0v) is 12.6. The molecule has 1 aliphatic carbocycles. The van der Waals surface area contributed by atoms with Crippen LogP contribution in [0.3, 0.4) is 0 Å². The molecule has 2 rings (SSSR count). The monoisotopic (exact) mass is 270 g/mol. The zero-order chi connectivity index (χ0) is 14.2. The molecule has 1 aromatic rings. The van der Waals surface area contributed by atoms with Gasteiger partial charge in [0.25, 0.3) is 0 Å². The molecule has 0 heterocycles. The van der Waals surface area contributed by atoms with E-state index in [0.29, 0.717) is 0 Å². The highest BCUT2D eigenvalue weighted by Gasteiger charge is 2.23. The minimum atomic E-state index is 0.763. The van der Waals surface area contributed by atoms with Gasteiger partial charge in [-0.15, -0.1) is 6.42 Å². The normalized spacial score (nSPS) is 14.4. The van der Waals surface area contributed by atoms with Crippen LogP contribution >= 0.6 is 0 Å². The van der Waals surface area contributed by atoms with Crippen LogP contribution in [-0.4, -0.2) is 31.1 Å². The molecule has 0 aromatic heterocycles. The molecule has 1 aromatic carbocycles. The van der Waals surface area contributed by atoms with Crippen molar-refractivity contribution in [3.8, 4) is 12.3 Å². The molecule has 20 heavy (non-hydrogen) atoms. The van der Waals surface area contributed by atoms with Crippen molar-refractivity contribution in [2.24, 2.45) is 5.92 Å². The average Bonchev–Trinajstić information content (AvgIpc) is 3.25. The summed E-state index contributed by atoms with van der Waals surface area (Å²) in [7, 11) is 0. The van der Waals surface area contributed by atoms with E-state index in [1.165, 1.54) is 24.0 Å². The summed E-state index contributed by atoms with van der Waals surface area (Å²) in [6.07, 6.45) is 9.33. The smallest absolute Gasteiger partial charge is 0.0601 e. The number of nitrogens with zero attached hydrogens (tertiary/aromatic N) is 1. The van der Waals surface area contributed by atoms with Crippen LogP contribution in [0.25, 0.3) is 0 Å². The predicted molar refractivity (Wildman–Crippen MR) is 85.5 cm³/mol. The van der Waals surface area contributed by atoms with Crippen molar-refractivity contribution in [2.75, 3.05) is 26.2 Å². The molecule has 0 radical (unpaired) electrons. The standard InChI is InChI=1S/C18H26N2/c1-3-13-20(15-18-9-10-18)14-17-7-5-16(6-8-17)11-12-19-4-2/h1,5-8,18-19H,4,9-15H2,2H3. The van der Waals surface area contributed by atoms with Crippen LogP contribution in [0.4, 0.5) is 0 Å². The van der Waals surface area contributed by atoms with Crippen molar-refractivity contribution >= 4 is 0 Å². The summed E-state index contributed by atoms with van der Waals surface area (Å²) >= 11 is 0. The fraction of sp³-hybridized carbons (Fsp3) is 0.556. The van der Waals surface area contributed by atoms with Crippen molar-refractivity contribution in [3.63, 3.8) is 0 Å². The van der Waals surface area contributed by atoms with Crippen molar-refractivity contribution < 1.29 is 0 Å². The van der Waals surface area contributed by atoms with Crippen molar-refractivity contribution in [1.29, 1.82) is 0 Å². The lowest BCUT2D eigenvalue weighted by Gasteiger charge is -2.19. The van der Waals surface area contributed by atoms with Gasteiger partial charge in [-0.2, -0.15) is 0 Å². The second-order valence-corrected chi connectivity index (χ2v) is 5.74. The number of benzene rings is 1. The first-order chi connectivity index (χ1) is 9.81. The SMILES string of the molecule is C#CCN(Cc1ccc(CCNCC)cc1)CC1CC1. The van der Waals surface area contributed by atoms with Crippen molar-refractivity contribution in [2.45, 2.75) is 32.7 Å². The lowest BCUT2D eigenvalue weighted by molar-refractivity contribution is 0.286. The van der Waals surface area contributed by atoms with Gasteiger partial charge in [0, 0.05) is 13.1 Å². The predicted octanol–water partition coefficient (Wildman–Crippen LogP) is 2.68. The van der Waals surface area contributed by atoms with Gasteiger partial charge in [-0.05, 0) is 49.4 Å². The van der Waals surface area contributed by atoms with Gasteiger partial charge in [0.2, 0.25) is 0 Å². The van der Waals surface area contributed by atoms with Crippen LogP contribution in [0.5, 0.6) is 0 Å². The third kappa shape index (κ3) is 5.36. The van der Waals surface area contributed by atoms with E-state index < -0.39 is 0 Å². The van der Waals surface area contributed by atoms with Crippen LogP contribution in [0.2, 0.25) is 0 Å². The molecule has 0 bridgehead atoms. The minimum absolute atomic E-state index is 0.763. The third-order valence-corrected chi connectivity index (χ3v) is 3.80. The molecular formula is C18H26N2. The van der Waals surface area contributed by atoms with E-state index in [4.69, 9.17) is 6.42 Å². The number of hydrogen-bond donors (Lipinski definition) is 1. The highest BCUT2D eigenvalue weighted by Crippen LogP contribution is 2.30. The molecule has 0 amide bonds. The first-order valence-corrected chi connectivity index (χ1v) is 7.76. The third-order valence-electron chi connectivity index (χ3n) is 3.80. The fourth-order valence-electron chi connectivity index (χ4n) is 2.46. The Morgan fingerprint density at radius 2 is 1.95 bits per heavy atom. The van der Waals surface area contributed by atoms with Crippen LogP contribution in [0, 0.1) is 18.3 Å². The van der Waals surface area contributed by atoms with E-state index in [0.717, 1.165) is 45.1 Å². The van der Waals surface area contributed by atoms with Crippen molar-refractivity contribution in [1.82, 2.24) is 10.2 Å². The molecule has 0 spiro atoms. The Kier molecular flexibility index (Phi) is 6.11. The number of hydrogen-bond acceptors (Lipinski definition) is 2. The molecule has 1 fully saturated rings. The molecule has 0 saturated heterocycles. The molecule has 2 heteroatoms. The molecule has 0 unspecified atom stereocenters. The van der Waals surface area contributed by atoms with E-state index >= 15 is 0 Å². The Morgan fingerprint density at radius 1 is 1.25 bits per heavy atom. The Morgan fingerprint density at radius 3 is 2.55 bits per heavy atom. The molecule has 1 saturated carbocycles. The highest BCUT2D eigenvalue weighted by atomic mass is 15.1. The Hall–Kier alpha value is -1.30. The molecule has 1 aliphatic rings. The molecular weight excluding hydrogens is 244 g/mol. The Bertz CT molecular complexity index is 426. The van der Waals surface area contributed by atoms with Gasteiger partial charge >= 0.3 is 0 Å². The summed E-state index contributed by atoms with van der Waals surface area (Å²) < 4.78 is 0. The maximum absolute atomic E-state index is 5.47. The summed E-state index contributed by atoms with van der Waals surface area (Å²) in [5.74, 6) is 3.68. The fourth-order valence-corrected chi connectivity index (χ4v) is 2.46. The maximum Gasteiger partial charge on any atom is 0.0601 e. The molecule has 0 aliphatic heterocycles. The summed E-state index contributed by atoms with van der Waals surface area (Å²) in [4.78, 5) is 2.39. The lowest BCUT2D eigenvalue weighted by atomic mass is 10.1. The van der Waals surface area contributed by atoms with Crippen LogP contribution in [0.1, 0.15) is 30.9 Å². The van der Waals surface area contributed by atoms with E-state index in [9.17, 15) is 0 Å². The molecule has 108 valence electrons.